The molecule has 0 aromatic heterocycles. The molecule has 3 heteroatoms. The zero-order chi connectivity index (χ0) is 6.95. The van der Waals surface area contributed by atoms with Gasteiger partial charge < -0.3 is 9.68 Å². The lowest BCUT2D eigenvalue weighted by molar-refractivity contribution is 0.320. The van der Waals surface area contributed by atoms with E-state index in [1.54, 1.807) is 6.08 Å². The first-order chi connectivity index (χ1) is 4.41. The molecular weight excluding hydrogens is 115 g/mol. The lowest BCUT2D eigenvalue weighted by atomic mass is 10.4. The molecule has 0 rings (SSSR count). The van der Waals surface area contributed by atoms with E-state index in [1.807, 2.05) is 25.2 Å². The number of hydrogen-bond acceptors (Lipinski definition) is 2. The fraction of sp³-hybridized carbons (Fsp3) is 0.333. The zero-order valence-electron chi connectivity index (χ0n) is 5.45. The van der Waals surface area contributed by atoms with Crippen LogP contribution in [0.25, 0.3) is 0 Å². The van der Waals surface area contributed by atoms with E-state index in [9.17, 15) is 0 Å². The van der Waals surface area contributed by atoms with E-state index in [1.165, 1.54) is 0 Å². The van der Waals surface area contributed by atoms with Crippen LogP contribution in [0.15, 0.2) is 24.3 Å². The monoisotopic (exact) mass is 125 g/mol. The normalized spacial score (nSPS) is 11.3. The van der Waals surface area contributed by atoms with Gasteiger partial charge in [-0.3, -0.25) is 0 Å². The maximum Gasteiger partial charge on any atom is 0.485 e. The van der Waals surface area contributed by atoms with Crippen LogP contribution >= 0.6 is 0 Å². The summed E-state index contributed by atoms with van der Waals surface area (Å²) in [5.41, 5.74) is 0. The summed E-state index contributed by atoms with van der Waals surface area (Å²) in [7, 11) is 0.681. The van der Waals surface area contributed by atoms with Gasteiger partial charge >= 0.3 is 7.69 Å². The Morgan fingerprint density at radius 3 is 2.89 bits per heavy atom. The maximum absolute atomic E-state index is 8.02. The summed E-state index contributed by atoms with van der Waals surface area (Å²) in [5.74, 6) is 0. The Hall–Kier alpha value is -0.535. The predicted octanol–water partition coefficient (Wildman–Crippen LogP) is 0.662. The lowest BCUT2D eigenvalue weighted by Crippen LogP contribution is -1.95. The van der Waals surface area contributed by atoms with Crippen molar-refractivity contribution >= 4 is 7.69 Å². The van der Waals surface area contributed by atoms with Crippen LogP contribution in [0.5, 0.6) is 0 Å². The Kier molecular flexibility index (Phi) is 7.02. The summed E-state index contributed by atoms with van der Waals surface area (Å²) in [6, 6.07) is 0. The van der Waals surface area contributed by atoms with Gasteiger partial charge in [0.15, 0.2) is 0 Å². The molecule has 9 heavy (non-hydrogen) atoms. The van der Waals surface area contributed by atoms with Gasteiger partial charge in [0.2, 0.25) is 0 Å². The summed E-state index contributed by atoms with van der Waals surface area (Å²) in [5, 5.41) is 8.02. The Morgan fingerprint density at radius 2 is 2.33 bits per heavy atom. The molecule has 0 heterocycles. The van der Waals surface area contributed by atoms with E-state index >= 15 is 0 Å². The summed E-state index contributed by atoms with van der Waals surface area (Å²) in [6.07, 6.45) is 7.45. The van der Waals surface area contributed by atoms with Crippen LogP contribution in [-0.2, 0) is 4.65 Å². The Balaban J connectivity index is 3.04. The Bertz CT molecular complexity index is 99.2. The second kappa shape index (κ2) is 7.46. The molecule has 0 fully saturated rings. The van der Waals surface area contributed by atoms with Crippen molar-refractivity contribution in [1.29, 1.82) is 0 Å². The fourth-order valence-corrected chi connectivity index (χ4v) is 0.344. The van der Waals surface area contributed by atoms with Crippen LogP contribution in [0, 0.1) is 0 Å². The smallest absolute Gasteiger partial charge is 0.429 e. The maximum atomic E-state index is 8.02. The van der Waals surface area contributed by atoms with Crippen LogP contribution in [0.2, 0.25) is 0 Å². The summed E-state index contributed by atoms with van der Waals surface area (Å²) >= 11 is 0. The first-order valence-corrected chi connectivity index (χ1v) is 2.77. The van der Waals surface area contributed by atoms with Gasteiger partial charge in [-0.05, 0) is 6.92 Å². The molecule has 49 valence electrons. The second-order valence-corrected chi connectivity index (χ2v) is 1.39. The van der Waals surface area contributed by atoms with Crippen LogP contribution in [0.1, 0.15) is 6.92 Å². The molecule has 0 aromatic rings. The third-order valence-electron chi connectivity index (χ3n) is 0.707. The van der Waals surface area contributed by atoms with Gasteiger partial charge in [0.1, 0.15) is 0 Å². The third-order valence-corrected chi connectivity index (χ3v) is 0.707. The standard InChI is InChI=1S/C6H10BO2/c1-2-3-4-5-6-9-7-8/h2-5,8H,6H2,1H3/b3-2-,5-4-. The van der Waals surface area contributed by atoms with Crippen LogP contribution in [-0.4, -0.2) is 19.3 Å². The van der Waals surface area contributed by atoms with Gasteiger partial charge in [-0.15, -0.1) is 0 Å². The molecule has 0 aliphatic heterocycles. The van der Waals surface area contributed by atoms with Crippen molar-refractivity contribution in [3.8, 4) is 0 Å². The molecule has 0 aliphatic rings. The van der Waals surface area contributed by atoms with Crippen molar-refractivity contribution < 1.29 is 9.68 Å². The van der Waals surface area contributed by atoms with Gasteiger partial charge in [-0.1, -0.05) is 24.3 Å². The van der Waals surface area contributed by atoms with Crippen molar-refractivity contribution in [2.75, 3.05) is 6.61 Å². The highest BCUT2D eigenvalue weighted by atomic mass is 16.5. The molecule has 0 spiro atoms. The molecule has 0 bridgehead atoms. The summed E-state index contributed by atoms with van der Waals surface area (Å²) in [4.78, 5) is 0. The van der Waals surface area contributed by atoms with E-state index in [2.05, 4.69) is 4.65 Å². The predicted molar refractivity (Wildman–Crippen MR) is 37.9 cm³/mol. The minimum Gasteiger partial charge on any atom is -0.429 e. The molecule has 2 nitrogen and oxygen atoms in total. The van der Waals surface area contributed by atoms with Gasteiger partial charge in [-0.25, -0.2) is 0 Å². The van der Waals surface area contributed by atoms with Crippen molar-refractivity contribution in [3.05, 3.63) is 24.3 Å². The van der Waals surface area contributed by atoms with Crippen LogP contribution < -0.4 is 0 Å². The molecule has 0 saturated heterocycles. The minimum absolute atomic E-state index is 0.418. The van der Waals surface area contributed by atoms with E-state index in [-0.39, 0.29) is 0 Å². The number of hydrogen-bond donors (Lipinski definition) is 1. The van der Waals surface area contributed by atoms with E-state index in [0.29, 0.717) is 14.3 Å². The largest absolute Gasteiger partial charge is 0.485 e. The first kappa shape index (κ1) is 8.46. The van der Waals surface area contributed by atoms with E-state index in [0.717, 1.165) is 0 Å². The Morgan fingerprint density at radius 1 is 1.56 bits per heavy atom. The molecule has 0 aromatic carbocycles. The first-order valence-electron chi connectivity index (χ1n) is 2.77. The van der Waals surface area contributed by atoms with Crippen molar-refractivity contribution in [3.63, 3.8) is 0 Å². The average molecular weight is 125 g/mol. The summed E-state index contributed by atoms with van der Waals surface area (Å²) < 4.78 is 4.49. The quantitative estimate of drug-likeness (QED) is 0.339. The second-order valence-electron chi connectivity index (χ2n) is 1.39. The van der Waals surface area contributed by atoms with E-state index in [4.69, 9.17) is 5.02 Å². The lowest BCUT2D eigenvalue weighted by Gasteiger charge is -1.87. The van der Waals surface area contributed by atoms with Crippen LogP contribution in [0.4, 0.5) is 0 Å². The third kappa shape index (κ3) is 7.46. The highest BCUT2D eigenvalue weighted by molar-refractivity contribution is 6.15. The van der Waals surface area contributed by atoms with E-state index < -0.39 is 0 Å². The highest BCUT2D eigenvalue weighted by Gasteiger charge is 1.78. The van der Waals surface area contributed by atoms with Crippen molar-refractivity contribution in [1.82, 2.24) is 0 Å². The number of allylic oxidation sites excluding steroid dienone is 3. The van der Waals surface area contributed by atoms with Gasteiger partial charge in [0.25, 0.3) is 0 Å². The van der Waals surface area contributed by atoms with Crippen LogP contribution in [0.3, 0.4) is 0 Å². The molecule has 0 unspecified atom stereocenters. The summed E-state index contributed by atoms with van der Waals surface area (Å²) in [6.45, 7) is 2.35. The molecule has 0 aliphatic carbocycles. The minimum atomic E-state index is 0.418. The highest BCUT2D eigenvalue weighted by Crippen LogP contribution is 1.76. The average Bonchev–Trinajstić information content (AvgIpc) is 1.89. The number of rotatable bonds is 4. The topological polar surface area (TPSA) is 29.5 Å². The Labute approximate surface area is 56.1 Å². The molecule has 0 atom stereocenters. The van der Waals surface area contributed by atoms with Crippen molar-refractivity contribution in [2.24, 2.45) is 0 Å². The molecule has 1 radical (unpaired) electrons. The fourth-order valence-electron chi connectivity index (χ4n) is 0.344. The molecule has 0 saturated carbocycles. The molecule has 0 amide bonds. The van der Waals surface area contributed by atoms with Gasteiger partial charge in [0.05, 0.1) is 0 Å². The van der Waals surface area contributed by atoms with Gasteiger partial charge in [-0.2, -0.15) is 0 Å². The van der Waals surface area contributed by atoms with Gasteiger partial charge in [0, 0.05) is 6.61 Å². The zero-order valence-corrected chi connectivity index (χ0v) is 5.45. The molecule has 1 N–H and O–H groups in total. The van der Waals surface area contributed by atoms with Crippen molar-refractivity contribution in [2.45, 2.75) is 6.92 Å². The SMILES string of the molecule is C/C=C\C=C/CO[B]O. The molecular formula is C6H10BO2.